The van der Waals surface area contributed by atoms with Crippen LogP contribution in [-0.2, 0) is 73.1 Å². The minimum absolute atomic E-state index is 0.0482. The standard InChI is InChI=1S/C70H81BrO8.C25H32Br2O4.C10H10/c1-6-53-11-13-54(14-12-53)19-22-57-25-29-61-62-30-26-58(50-66(62)69(65(61)49-57,33-7-37-76-45-41-72-2)34-8-38-77-46-42-73-3)23-20-55-15-17-56(18-16-55)21-24-59-27-31-63-64-32-28-60(71)52-68(64)70(67(63)51-59,35-9-39-78-47-43-74-4)36-10-40-79-48-44-75-5;1-28-13-15-30-11-3-9-25(10-4-12-31-16-14-29-2)23-17-19(26)5-7-21(23)22-8-6-20(27)18-24(22)25;1-3-9-5-7-10(4-2)8-6-9/h6,11-32,49-52H,1,7-10,33-48H2,2-5H3;5-8,17-18H,3-4,9-16H2,1-2H3;3-8H,1-2H2/b22-19+,23-20+,24-21+;;. The second-order valence-corrected chi connectivity index (χ2v) is 33.3. The maximum absolute atomic E-state index is 6.08. The SMILES string of the molecule is C=Cc1ccc(/C=C/c2ccc3c(c2)C(CCCOCCOC)(CCCOCCOC)c2cc(/C=C/c4ccc(/C=C/c5ccc6c(c5)C(CCCOCCOC)(CCCOCCOC)c5cc(Br)ccc5-6)cc4)ccc2-3)cc1.C=Cc1ccc(C=C)cc1.COCCOCCCC1(CCCOCCOC)c2cc(Br)ccc2-c2ccc(Br)cc21. The molecular formula is C105H123Br3O12. The second-order valence-electron chi connectivity index (χ2n) is 30.6. The van der Waals surface area contributed by atoms with Crippen molar-refractivity contribution >= 4 is 102 Å². The summed E-state index contributed by atoms with van der Waals surface area (Å²) in [5, 5.41) is 0. The molecule has 0 bridgehead atoms. The van der Waals surface area contributed by atoms with Crippen LogP contribution in [0.15, 0.2) is 215 Å². The fourth-order valence-corrected chi connectivity index (χ4v) is 18.0. The summed E-state index contributed by atoms with van der Waals surface area (Å²) in [4.78, 5) is 0. The van der Waals surface area contributed by atoms with Gasteiger partial charge in [-0.25, -0.2) is 0 Å². The predicted octanol–water partition coefficient (Wildman–Crippen LogP) is 25.2. The van der Waals surface area contributed by atoms with Gasteiger partial charge in [0, 0.05) is 112 Å². The summed E-state index contributed by atoms with van der Waals surface area (Å²) in [5.74, 6) is 0. The van der Waals surface area contributed by atoms with Crippen LogP contribution in [0.2, 0.25) is 0 Å². The molecule has 0 fully saturated rings. The third kappa shape index (κ3) is 26.5. The lowest BCUT2D eigenvalue weighted by Gasteiger charge is -2.33. The summed E-state index contributed by atoms with van der Waals surface area (Å²) in [6.07, 6.45) is 30.5. The highest BCUT2D eigenvalue weighted by Gasteiger charge is 2.46. The Kier molecular flexibility index (Phi) is 40.1. The van der Waals surface area contributed by atoms with Crippen LogP contribution < -0.4 is 0 Å². The molecule has 0 unspecified atom stereocenters. The van der Waals surface area contributed by atoms with Gasteiger partial charge in [-0.05, 0) is 230 Å². The molecule has 0 atom stereocenters. The Balaban J connectivity index is 0.000000300. The lowest BCUT2D eigenvalue weighted by Crippen LogP contribution is -2.27. The zero-order valence-electron chi connectivity index (χ0n) is 71.4. The Morgan fingerprint density at radius 2 is 0.392 bits per heavy atom. The van der Waals surface area contributed by atoms with E-state index in [1.807, 2.05) is 42.5 Å². The second kappa shape index (κ2) is 50.8. The summed E-state index contributed by atoms with van der Waals surface area (Å²) in [6, 6.07) is 66.7. The number of hydrogen-bond donors (Lipinski definition) is 0. The smallest absolute Gasteiger partial charge is 0.0700 e. The van der Waals surface area contributed by atoms with Crippen LogP contribution >= 0.6 is 47.8 Å². The molecule has 0 spiro atoms. The van der Waals surface area contributed by atoms with Crippen molar-refractivity contribution in [2.24, 2.45) is 0 Å². The molecule has 3 aliphatic rings. The van der Waals surface area contributed by atoms with E-state index in [1.54, 1.807) is 42.7 Å². The summed E-state index contributed by atoms with van der Waals surface area (Å²) in [5.41, 5.74) is 26.2. The largest absolute Gasteiger partial charge is 0.382 e. The Bertz CT molecular complexity index is 4610. The van der Waals surface area contributed by atoms with Crippen molar-refractivity contribution in [3.8, 4) is 33.4 Å². The van der Waals surface area contributed by atoms with Crippen LogP contribution in [0.4, 0.5) is 0 Å². The van der Waals surface area contributed by atoms with Gasteiger partial charge in [-0.15, -0.1) is 0 Å². The van der Waals surface area contributed by atoms with E-state index in [4.69, 9.17) is 56.8 Å². The number of hydrogen-bond acceptors (Lipinski definition) is 12. The first kappa shape index (κ1) is 94.6. The highest BCUT2D eigenvalue weighted by Crippen LogP contribution is 2.58. The first-order valence-corrected chi connectivity index (χ1v) is 44.7. The molecule has 9 aromatic rings. The molecule has 0 aliphatic heterocycles. The third-order valence-electron chi connectivity index (χ3n) is 22.9. The minimum Gasteiger partial charge on any atom is -0.382 e. The van der Waals surface area contributed by atoms with Gasteiger partial charge in [0.05, 0.1) is 79.3 Å². The molecule has 0 amide bonds. The van der Waals surface area contributed by atoms with E-state index in [9.17, 15) is 0 Å². The number of fused-ring (bicyclic) bond motifs is 9. The molecule has 0 saturated heterocycles. The van der Waals surface area contributed by atoms with Crippen molar-refractivity contribution in [3.63, 3.8) is 0 Å². The van der Waals surface area contributed by atoms with E-state index < -0.39 is 0 Å². The van der Waals surface area contributed by atoms with E-state index >= 15 is 0 Å². The summed E-state index contributed by atoms with van der Waals surface area (Å²) in [6.45, 7) is 22.7. The summed E-state index contributed by atoms with van der Waals surface area (Å²) >= 11 is 11.2. The van der Waals surface area contributed by atoms with Gasteiger partial charge in [0.1, 0.15) is 0 Å². The molecular weight excluding hydrogens is 1690 g/mol. The molecule has 12 rings (SSSR count). The van der Waals surface area contributed by atoms with E-state index in [2.05, 4.69) is 262 Å². The van der Waals surface area contributed by atoms with Crippen molar-refractivity contribution in [3.05, 3.63) is 299 Å². The van der Waals surface area contributed by atoms with E-state index in [0.29, 0.717) is 106 Å². The fourth-order valence-electron chi connectivity index (χ4n) is 16.9. The maximum Gasteiger partial charge on any atom is 0.0700 e. The monoisotopic (exact) mass is 1810 g/mol. The number of methoxy groups -OCH3 is 6. The quantitative estimate of drug-likeness (QED) is 0.0267. The predicted molar refractivity (Wildman–Crippen MR) is 509 cm³/mol. The Hall–Kier alpha value is -7.62. The van der Waals surface area contributed by atoms with Gasteiger partial charge in [-0.2, -0.15) is 0 Å². The van der Waals surface area contributed by atoms with Crippen LogP contribution in [0.5, 0.6) is 0 Å². The Morgan fingerprint density at radius 3 is 0.592 bits per heavy atom. The van der Waals surface area contributed by atoms with Gasteiger partial charge >= 0.3 is 0 Å². The van der Waals surface area contributed by atoms with Gasteiger partial charge < -0.3 is 56.8 Å². The zero-order valence-corrected chi connectivity index (χ0v) is 76.1. The number of rotatable bonds is 51. The molecule has 3 aliphatic carbocycles. The normalized spacial score (nSPS) is 13.5. The topological polar surface area (TPSA) is 111 Å². The molecule has 0 aromatic heterocycles. The van der Waals surface area contributed by atoms with Crippen molar-refractivity contribution in [1.29, 1.82) is 0 Å². The van der Waals surface area contributed by atoms with Gasteiger partial charge in [0.2, 0.25) is 0 Å². The lowest BCUT2D eigenvalue weighted by atomic mass is 9.71. The first-order chi connectivity index (χ1) is 58.8. The minimum atomic E-state index is -0.229. The Morgan fingerprint density at radius 1 is 0.217 bits per heavy atom. The maximum atomic E-state index is 6.08. The Labute approximate surface area is 740 Å². The number of benzene rings is 9. The van der Waals surface area contributed by atoms with Crippen molar-refractivity contribution in [2.75, 3.05) is 162 Å². The average Bonchev–Trinajstić information content (AvgIpc) is 1.57. The highest BCUT2D eigenvalue weighted by molar-refractivity contribution is 9.11. The zero-order chi connectivity index (χ0) is 84.6. The van der Waals surface area contributed by atoms with Crippen molar-refractivity contribution in [2.45, 2.75) is 93.3 Å². The van der Waals surface area contributed by atoms with E-state index in [-0.39, 0.29) is 16.2 Å². The van der Waals surface area contributed by atoms with Crippen molar-refractivity contribution < 1.29 is 56.8 Å². The molecule has 0 N–H and O–H groups in total. The van der Waals surface area contributed by atoms with E-state index in [0.717, 1.165) is 137 Å². The molecule has 0 heterocycles. The van der Waals surface area contributed by atoms with Crippen LogP contribution in [0.25, 0.3) is 88.1 Å². The number of halogens is 3. The molecule has 120 heavy (non-hydrogen) atoms. The first-order valence-electron chi connectivity index (χ1n) is 42.3. The average molecular weight is 1820 g/mol. The molecule has 15 heteroatoms. The van der Waals surface area contributed by atoms with Gasteiger partial charge in [-0.1, -0.05) is 268 Å². The lowest BCUT2D eigenvalue weighted by molar-refractivity contribution is 0.0629. The summed E-state index contributed by atoms with van der Waals surface area (Å²) in [7, 11) is 10.3. The number of ether oxygens (including phenoxy) is 12. The van der Waals surface area contributed by atoms with Crippen LogP contribution in [0.1, 0.15) is 161 Å². The van der Waals surface area contributed by atoms with Gasteiger partial charge in [0.25, 0.3) is 0 Å². The molecule has 12 nitrogen and oxygen atoms in total. The summed E-state index contributed by atoms with van der Waals surface area (Å²) < 4.78 is 70.4. The van der Waals surface area contributed by atoms with Crippen LogP contribution in [-0.4, -0.2) is 162 Å². The third-order valence-corrected chi connectivity index (χ3v) is 24.4. The molecule has 0 radical (unpaired) electrons. The molecule has 9 aromatic carbocycles. The highest BCUT2D eigenvalue weighted by atomic mass is 79.9. The van der Waals surface area contributed by atoms with E-state index in [1.165, 1.54) is 83.5 Å². The van der Waals surface area contributed by atoms with Crippen LogP contribution in [0.3, 0.4) is 0 Å². The fraction of sp³-hybridized carbons (Fsp3) is 0.371. The molecule has 0 saturated carbocycles. The van der Waals surface area contributed by atoms with Crippen LogP contribution in [0, 0.1) is 0 Å². The molecule has 636 valence electrons. The van der Waals surface area contributed by atoms with Gasteiger partial charge in [0.15, 0.2) is 0 Å². The van der Waals surface area contributed by atoms with Crippen molar-refractivity contribution in [1.82, 2.24) is 0 Å². The van der Waals surface area contributed by atoms with Gasteiger partial charge in [-0.3, -0.25) is 0 Å².